The maximum atomic E-state index is 8.35. The molecule has 0 N–H and O–H groups in total. The van der Waals surface area contributed by atoms with Crippen molar-refractivity contribution < 1.29 is 2.74 Å². The van der Waals surface area contributed by atoms with Crippen LogP contribution in [0.2, 0.25) is 0 Å². The molecule has 76 valence electrons. The fraction of sp³-hybridized carbons (Fsp3) is 1.00. The standard InChI is InChI=1S/C11H20ClN/c1-9(2)6-11-4-3-5-13(11)8-10(12)7-11/h9-10H,3-8H2,1-2H3/t10-,11+/m0/s1/i6D2. The average Bonchev–Trinajstić information content (AvgIpc) is 2.60. The highest BCUT2D eigenvalue weighted by Crippen LogP contribution is 2.44. The molecule has 0 radical (unpaired) electrons. The first-order chi connectivity index (χ1) is 6.90. The number of nitrogens with zero attached hydrogens (tertiary/aromatic N) is 1. The summed E-state index contributed by atoms with van der Waals surface area (Å²) >= 11 is 6.21. The van der Waals surface area contributed by atoms with E-state index < -0.39 is 6.37 Å². The molecule has 1 nitrogen and oxygen atoms in total. The smallest absolute Gasteiger partial charge is 0.0481 e. The molecule has 0 bridgehead atoms. The van der Waals surface area contributed by atoms with Gasteiger partial charge in [-0.05, 0) is 38.1 Å². The number of alkyl halides is 1. The first-order valence-corrected chi connectivity index (χ1v) is 5.73. The van der Waals surface area contributed by atoms with Crippen LogP contribution in [0.3, 0.4) is 0 Å². The molecular formula is C11H20ClN. The zero-order valence-corrected chi connectivity index (χ0v) is 9.27. The second kappa shape index (κ2) is 3.43. The second-order valence-corrected chi connectivity index (χ2v) is 5.30. The van der Waals surface area contributed by atoms with Crippen LogP contribution >= 0.6 is 11.6 Å². The summed E-state index contributed by atoms with van der Waals surface area (Å²) in [6, 6.07) is 0. The molecule has 2 fully saturated rings. The third kappa shape index (κ3) is 1.73. The minimum Gasteiger partial charge on any atom is -0.296 e. The molecule has 0 unspecified atom stereocenters. The lowest BCUT2D eigenvalue weighted by Gasteiger charge is -2.33. The van der Waals surface area contributed by atoms with Crippen LogP contribution < -0.4 is 0 Å². The van der Waals surface area contributed by atoms with Crippen molar-refractivity contribution in [3.8, 4) is 0 Å². The van der Waals surface area contributed by atoms with E-state index in [2.05, 4.69) is 4.90 Å². The normalized spacial score (nSPS) is 43.5. The van der Waals surface area contributed by atoms with E-state index in [1.165, 1.54) is 0 Å². The molecule has 0 aliphatic carbocycles. The molecule has 0 aromatic rings. The molecule has 0 aromatic carbocycles. The summed E-state index contributed by atoms with van der Waals surface area (Å²) in [5.74, 6) is 0.0556. The van der Waals surface area contributed by atoms with E-state index in [-0.39, 0.29) is 16.8 Å². The van der Waals surface area contributed by atoms with Gasteiger partial charge in [-0.2, -0.15) is 0 Å². The Bertz CT molecular complexity index is 257. The Balaban J connectivity index is 2.31. The third-order valence-electron chi connectivity index (χ3n) is 3.16. The van der Waals surface area contributed by atoms with Gasteiger partial charge in [0.1, 0.15) is 0 Å². The van der Waals surface area contributed by atoms with Crippen molar-refractivity contribution in [1.82, 2.24) is 4.90 Å². The Morgan fingerprint density at radius 1 is 1.69 bits per heavy atom. The Morgan fingerprint density at radius 3 is 3.15 bits per heavy atom. The van der Waals surface area contributed by atoms with Crippen molar-refractivity contribution in [3.63, 3.8) is 0 Å². The predicted octanol–water partition coefficient (Wildman–Crippen LogP) is 2.88. The van der Waals surface area contributed by atoms with Crippen LogP contribution in [0.15, 0.2) is 0 Å². The second-order valence-electron chi connectivity index (χ2n) is 4.68. The zero-order chi connectivity index (χ0) is 11.3. The number of halogens is 1. The lowest BCUT2D eigenvalue weighted by atomic mass is 9.85. The van der Waals surface area contributed by atoms with E-state index >= 15 is 0 Å². The van der Waals surface area contributed by atoms with Crippen LogP contribution in [0.25, 0.3) is 0 Å². The minimum atomic E-state index is -1.12. The summed E-state index contributed by atoms with van der Waals surface area (Å²) in [5, 5.41) is 0.138. The van der Waals surface area contributed by atoms with Crippen molar-refractivity contribution in [2.45, 2.75) is 50.4 Å². The van der Waals surface area contributed by atoms with Gasteiger partial charge in [-0.3, -0.25) is 4.90 Å². The van der Waals surface area contributed by atoms with Crippen molar-refractivity contribution >= 4 is 11.6 Å². The Hall–Kier alpha value is 0.250. The lowest BCUT2D eigenvalue weighted by molar-refractivity contribution is 0.163. The van der Waals surface area contributed by atoms with Gasteiger partial charge in [0.15, 0.2) is 0 Å². The quantitative estimate of drug-likeness (QED) is 0.624. The topological polar surface area (TPSA) is 3.24 Å². The van der Waals surface area contributed by atoms with Gasteiger partial charge in [-0.15, -0.1) is 11.6 Å². The van der Waals surface area contributed by atoms with Gasteiger partial charge in [-0.1, -0.05) is 13.8 Å². The summed E-state index contributed by atoms with van der Waals surface area (Å²) in [4.78, 5) is 2.30. The largest absolute Gasteiger partial charge is 0.296 e. The molecule has 2 heterocycles. The molecule has 2 atom stereocenters. The van der Waals surface area contributed by atoms with Crippen molar-refractivity contribution in [2.75, 3.05) is 13.1 Å². The van der Waals surface area contributed by atoms with Gasteiger partial charge in [0, 0.05) is 20.2 Å². The van der Waals surface area contributed by atoms with Crippen LogP contribution in [0.4, 0.5) is 0 Å². The summed E-state index contributed by atoms with van der Waals surface area (Å²) in [6.07, 6.45) is 1.80. The van der Waals surface area contributed by atoms with E-state index in [1.807, 2.05) is 13.8 Å². The van der Waals surface area contributed by atoms with Crippen molar-refractivity contribution in [2.24, 2.45) is 5.92 Å². The molecule has 0 aromatic heterocycles. The maximum absolute atomic E-state index is 8.35. The number of hydrogen-bond acceptors (Lipinski definition) is 1. The highest BCUT2D eigenvalue weighted by Gasteiger charge is 2.47. The van der Waals surface area contributed by atoms with E-state index in [0.717, 1.165) is 32.4 Å². The Kier molecular flexibility index (Phi) is 1.99. The molecule has 2 aliphatic rings. The molecule has 0 saturated carbocycles. The molecule has 2 rings (SSSR count). The number of fused-ring (bicyclic) bond motifs is 1. The first-order valence-electron chi connectivity index (χ1n) is 6.29. The summed E-state index contributed by atoms with van der Waals surface area (Å²) < 4.78 is 16.7. The lowest BCUT2D eigenvalue weighted by Crippen LogP contribution is -2.39. The molecule has 2 heteroatoms. The Labute approximate surface area is 89.3 Å². The van der Waals surface area contributed by atoms with Gasteiger partial charge in [0.05, 0.1) is 0 Å². The number of rotatable bonds is 2. The maximum Gasteiger partial charge on any atom is 0.0481 e. The molecule has 2 aliphatic heterocycles. The van der Waals surface area contributed by atoms with Gasteiger partial charge in [0.2, 0.25) is 0 Å². The molecule has 0 spiro atoms. The third-order valence-corrected chi connectivity index (χ3v) is 3.45. The van der Waals surface area contributed by atoms with Crippen LogP contribution in [0.5, 0.6) is 0 Å². The molecule has 13 heavy (non-hydrogen) atoms. The number of hydrogen-bond donors (Lipinski definition) is 0. The van der Waals surface area contributed by atoms with Gasteiger partial charge in [0.25, 0.3) is 0 Å². The highest BCUT2D eigenvalue weighted by atomic mass is 35.5. The van der Waals surface area contributed by atoms with Gasteiger partial charge in [-0.25, -0.2) is 0 Å². The fourth-order valence-electron chi connectivity index (χ4n) is 2.86. The van der Waals surface area contributed by atoms with Gasteiger partial charge < -0.3 is 0 Å². The summed E-state index contributed by atoms with van der Waals surface area (Å²) in [6.45, 7) is 5.85. The van der Waals surface area contributed by atoms with Crippen LogP contribution in [-0.2, 0) is 0 Å². The Morgan fingerprint density at radius 2 is 2.46 bits per heavy atom. The highest BCUT2D eigenvalue weighted by molar-refractivity contribution is 6.21. The molecule has 2 saturated heterocycles. The van der Waals surface area contributed by atoms with Crippen LogP contribution in [0.1, 0.15) is 42.2 Å². The SMILES string of the molecule is [2H]C([2H])(C(C)C)[C@@]12CCCN1C[C@@H](Cl)C2. The van der Waals surface area contributed by atoms with Crippen LogP contribution in [0, 0.1) is 5.92 Å². The van der Waals surface area contributed by atoms with Crippen molar-refractivity contribution in [3.05, 3.63) is 0 Å². The van der Waals surface area contributed by atoms with E-state index in [0.29, 0.717) is 0 Å². The van der Waals surface area contributed by atoms with E-state index in [4.69, 9.17) is 14.3 Å². The zero-order valence-electron chi connectivity index (χ0n) is 10.5. The summed E-state index contributed by atoms with van der Waals surface area (Å²) in [7, 11) is 0. The van der Waals surface area contributed by atoms with E-state index in [1.54, 1.807) is 0 Å². The van der Waals surface area contributed by atoms with Gasteiger partial charge >= 0.3 is 0 Å². The predicted molar refractivity (Wildman–Crippen MR) is 57.3 cm³/mol. The van der Waals surface area contributed by atoms with Crippen LogP contribution in [-0.4, -0.2) is 28.9 Å². The minimum absolute atomic E-state index is 0.0556. The van der Waals surface area contributed by atoms with E-state index in [9.17, 15) is 0 Å². The van der Waals surface area contributed by atoms with Crippen molar-refractivity contribution in [1.29, 1.82) is 0 Å². The summed E-state index contributed by atoms with van der Waals surface area (Å²) in [5.41, 5.74) is -0.270. The first kappa shape index (κ1) is 7.53. The molecule has 0 amide bonds. The molecular weight excluding hydrogens is 182 g/mol. The monoisotopic (exact) mass is 203 g/mol. The average molecular weight is 204 g/mol. The fourth-order valence-corrected chi connectivity index (χ4v) is 3.28.